The van der Waals surface area contributed by atoms with Gasteiger partial charge in [0, 0.05) is 95.9 Å². The fraction of sp³-hybridized carbons (Fsp3) is 0.394. The predicted octanol–water partition coefficient (Wildman–Crippen LogP) is 14.0. The highest BCUT2D eigenvalue weighted by Crippen LogP contribution is 2.53. The van der Waals surface area contributed by atoms with Gasteiger partial charge in [0.05, 0.1) is 48.4 Å². The molecule has 17 nitrogen and oxygen atoms in total. The number of aryl methyl sites for hydroxylation is 1. The maximum Gasteiger partial charge on any atom is 0.257 e. The van der Waals surface area contributed by atoms with E-state index in [1.165, 1.54) is 86.6 Å². The Labute approximate surface area is 546 Å². The lowest BCUT2D eigenvalue weighted by Crippen LogP contribution is -2.46. The molecule has 2 aliphatic heterocycles. The van der Waals surface area contributed by atoms with Crippen LogP contribution in [0.5, 0.6) is 11.5 Å². The summed E-state index contributed by atoms with van der Waals surface area (Å²) >= 11 is 12.5. The molecular weight excluding hydrogens is 1210 g/mol. The molecular formula is C71H81Cl2F2N11O6. The van der Waals surface area contributed by atoms with Crippen molar-refractivity contribution in [3.8, 4) is 23.3 Å². The molecule has 9 rings (SSSR count). The first kappa shape index (κ1) is 68.0. The third kappa shape index (κ3) is 16.1. The molecule has 5 N–H and O–H groups in total. The van der Waals surface area contributed by atoms with Gasteiger partial charge in [0.2, 0.25) is 17.8 Å². The number of piperazine rings is 1. The number of nitriles is 1. The zero-order valence-corrected chi connectivity index (χ0v) is 54.6. The molecule has 0 saturated carbocycles. The smallest absolute Gasteiger partial charge is 0.257 e. The van der Waals surface area contributed by atoms with Gasteiger partial charge < -0.3 is 41.0 Å². The number of amides is 3. The molecule has 5 aromatic carbocycles. The van der Waals surface area contributed by atoms with Gasteiger partial charge in [-0.1, -0.05) is 126 Å². The van der Waals surface area contributed by atoms with Crippen LogP contribution in [-0.4, -0.2) is 103 Å². The molecule has 2 saturated heterocycles. The van der Waals surface area contributed by atoms with Crippen molar-refractivity contribution in [1.82, 2.24) is 30.1 Å². The normalized spacial score (nSPS) is 17.4. The monoisotopic (exact) mass is 1290 g/mol. The molecule has 21 heteroatoms. The Morgan fingerprint density at radius 1 is 0.815 bits per heavy atom. The zero-order valence-electron chi connectivity index (χ0n) is 53.1. The number of halogens is 4. The summed E-state index contributed by atoms with van der Waals surface area (Å²) in [7, 11) is 3.06. The highest BCUT2D eigenvalue weighted by molar-refractivity contribution is 6.31. The quantitative estimate of drug-likeness (QED) is 0.0240. The molecule has 4 atom stereocenters. The summed E-state index contributed by atoms with van der Waals surface area (Å²) in [5.41, 5.74) is 2.00. The number of rotatable bonds is 27. The number of unbranched alkanes of at least 4 members (excludes halogenated alkanes) is 9. The van der Waals surface area contributed by atoms with Gasteiger partial charge in [0.15, 0.2) is 5.65 Å². The summed E-state index contributed by atoms with van der Waals surface area (Å²) in [6.45, 7) is 16.6. The predicted molar refractivity (Wildman–Crippen MR) is 361 cm³/mol. The van der Waals surface area contributed by atoms with Crippen molar-refractivity contribution >= 4 is 80.7 Å². The number of carbonyl (C=O) groups is 3. The first-order valence-electron chi connectivity index (χ1n) is 31.4. The zero-order chi connectivity index (χ0) is 65.7. The van der Waals surface area contributed by atoms with Crippen LogP contribution < -0.4 is 46.5 Å². The van der Waals surface area contributed by atoms with Crippen LogP contribution in [0, 0.1) is 35.3 Å². The van der Waals surface area contributed by atoms with Crippen molar-refractivity contribution in [2.45, 2.75) is 122 Å². The third-order valence-electron chi connectivity index (χ3n) is 17.3. The Morgan fingerprint density at radius 2 is 1.50 bits per heavy atom. The van der Waals surface area contributed by atoms with Crippen LogP contribution in [0.4, 0.5) is 37.5 Å². The van der Waals surface area contributed by atoms with Crippen LogP contribution >= 0.6 is 23.2 Å². The summed E-state index contributed by atoms with van der Waals surface area (Å²) in [5, 5.41) is 27.1. The highest BCUT2D eigenvalue weighted by Gasteiger charge is 2.61. The fourth-order valence-electron chi connectivity index (χ4n) is 12.7. The molecule has 0 spiro atoms. The van der Waals surface area contributed by atoms with E-state index < -0.39 is 46.4 Å². The minimum absolute atomic E-state index is 0.0259. The Bertz CT molecular complexity index is 3920. The molecule has 2 fully saturated rings. The van der Waals surface area contributed by atoms with Gasteiger partial charge in [0.25, 0.3) is 11.5 Å². The number of benzene rings is 5. The molecule has 0 radical (unpaired) electrons. The number of methoxy groups -OCH3 is 2. The largest absolute Gasteiger partial charge is 0.495 e. The Balaban J connectivity index is 0.672. The number of hydrogen-bond acceptors (Lipinski definition) is 13. The van der Waals surface area contributed by atoms with Gasteiger partial charge in [-0.25, -0.2) is 13.8 Å². The molecule has 0 aliphatic carbocycles. The molecule has 3 amide bonds. The number of aromatic nitrogens is 3. The standard InChI is InChI=1S/C71H81Cl2F2N11O6/c1-8-61(87)79-48-21-19-22-50(40-48)86-62(88)37-45(2)52-43-78-69(83-66(52)86)81-57-30-27-49(41-59(57)92-7)85-35-33-84(34-36-85)32-18-16-14-12-10-9-11-13-15-17-31-77-67(89)46-25-29-56(58(38-46)91-6)80-68(90)65-63(51-23-20-24-54(73)64(51)75)71(44-76,60(82-65)42-70(3,4)5)53-28-26-47(72)39-55(53)74/h8,19-30,37-41,43,60,63,65,82H,1,9-18,31-36,42H2,2-7H3,(H,77,89)(H,79,87)(H,80,90)(H,78,81,83)/t60-,63-,65+,71-/m0/s1. The van der Waals surface area contributed by atoms with Crippen molar-refractivity contribution in [3.63, 3.8) is 0 Å². The number of nitrogens with zero attached hydrogens (tertiary/aromatic N) is 6. The maximum absolute atomic E-state index is 16.2. The van der Waals surface area contributed by atoms with Gasteiger partial charge in [-0.3, -0.25) is 28.6 Å². The van der Waals surface area contributed by atoms with Crippen molar-refractivity contribution in [3.05, 3.63) is 176 Å². The number of nitrogens with one attached hydrogen (secondary N) is 5. The number of ether oxygens (including phenoxy) is 2. The molecule has 0 unspecified atom stereocenters. The second kappa shape index (κ2) is 30.8. The van der Waals surface area contributed by atoms with Gasteiger partial charge in [0.1, 0.15) is 28.5 Å². The van der Waals surface area contributed by atoms with Crippen LogP contribution in [0.1, 0.15) is 124 Å². The number of carbonyl (C=O) groups excluding carboxylic acids is 3. The second-order valence-electron chi connectivity index (χ2n) is 24.9. The van der Waals surface area contributed by atoms with Crippen molar-refractivity contribution in [2.75, 3.05) is 74.3 Å². The van der Waals surface area contributed by atoms with Crippen molar-refractivity contribution < 1.29 is 32.6 Å². The fourth-order valence-corrected chi connectivity index (χ4v) is 13.0. The minimum atomic E-state index is -1.80. The Morgan fingerprint density at radius 3 is 2.18 bits per heavy atom. The van der Waals surface area contributed by atoms with E-state index in [0.717, 1.165) is 75.7 Å². The average molecular weight is 1290 g/mol. The lowest BCUT2D eigenvalue weighted by molar-refractivity contribution is -0.118. The summed E-state index contributed by atoms with van der Waals surface area (Å²) in [5.74, 6) is -2.97. The third-order valence-corrected chi connectivity index (χ3v) is 17.9. The molecule has 2 aromatic heterocycles. The molecule has 0 bridgehead atoms. The van der Waals surface area contributed by atoms with Crippen molar-refractivity contribution in [1.29, 1.82) is 5.26 Å². The van der Waals surface area contributed by atoms with Gasteiger partial charge in [-0.05, 0) is 122 Å². The topological polar surface area (TPSA) is 208 Å². The van der Waals surface area contributed by atoms with E-state index in [9.17, 15) is 24.4 Å². The van der Waals surface area contributed by atoms with Crippen LogP contribution in [0.3, 0.4) is 0 Å². The molecule has 4 heterocycles. The van der Waals surface area contributed by atoms with E-state index >= 15 is 8.78 Å². The first-order chi connectivity index (χ1) is 44.2. The van der Waals surface area contributed by atoms with Crippen molar-refractivity contribution in [2.24, 2.45) is 5.41 Å². The van der Waals surface area contributed by atoms with Gasteiger partial charge in [-0.15, -0.1) is 0 Å². The molecule has 92 heavy (non-hydrogen) atoms. The van der Waals surface area contributed by atoms with Crippen LogP contribution in [0.25, 0.3) is 16.7 Å². The number of hydrogen-bond donors (Lipinski definition) is 5. The number of fused-ring (bicyclic) bond motifs is 1. The molecule has 484 valence electrons. The molecule has 2 aliphatic rings. The highest BCUT2D eigenvalue weighted by atomic mass is 35.5. The summed E-state index contributed by atoms with van der Waals surface area (Å²) in [6.07, 6.45) is 14.5. The van der Waals surface area contributed by atoms with E-state index in [0.29, 0.717) is 58.3 Å². The second-order valence-corrected chi connectivity index (χ2v) is 25.7. The van der Waals surface area contributed by atoms with Gasteiger partial charge >= 0.3 is 0 Å². The van der Waals surface area contributed by atoms with Gasteiger partial charge in [-0.2, -0.15) is 10.2 Å². The van der Waals surface area contributed by atoms with E-state index in [1.807, 2.05) is 39.8 Å². The summed E-state index contributed by atoms with van der Waals surface area (Å²) in [4.78, 5) is 67.8. The lowest BCUT2D eigenvalue weighted by Gasteiger charge is -2.37. The number of anilines is 5. The maximum atomic E-state index is 16.2. The van der Waals surface area contributed by atoms with E-state index in [-0.39, 0.29) is 50.0 Å². The van der Waals surface area contributed by atoms with Crippen LogP contribution in [-0.2, 0) is 15.0 Å². The average Bonchev–Trinajstić information content (AvgIpc) is 1.53. The number of pyridine rings is 1. The van der Waals surface area contributed by atoms with Crippen LogP contribution in [0.2, 0.25) is 10.0 Å². The SMILES string of the molecule is C=CC(=O)Nc1cccc(-n2c(=O)cc(C)c3cnc(Nc4ccc(N5CCN(CCCCCCCCCCCCNC(=O)c6ccc(NC(=O)[C@@H]7N[C@@H](CC(C)(C)C)[C@](C#N)(c8ccc(Cl)cc8F)[C@H]7c7cccc(Cl)c7F)c(OC)c6)CC5)cc4OC)nc32)c1. The summed E-state index contributed by atoms with van der Waals surface area (Å²) in [6, 6.07) is 27.9. The Kier molecular flexibility index (Phi) is 22.8. The lowest BCUT2D eigenvalue weighted by atomic mass is 9.62. The van der Waals surface area contributed by atoms with Crippen LogP contribution in [0.15, 0.2) is 127 Å². The minimum Gasteiger partial charge on any atom is -0.495 e. The first-order valence-corrected chi connectivity index (χ1v) is 32.2. The van der Waals surface area contributed by atoms with E-state index in [2.05, 4.69) is 60.1 Å². The summed E-state index contributed by atoms with van der Waals surface area (Å²) < 4.78 is 45.4. The molecule has 7 aromatic rings. The van der Waals surface area contributed by atoms with E-state index in [1.54, 1.807) is 61.8 Å². The van der Waals surface area contributed by atoms with E-state index in [4.69, 9.17) is 37.7 Å². The Hall–Kier alpha value is -8.41.